The highest BCUT2D eigenvalue weighted by molar-refractivity contribution is 7.92. The van der Waals surface area contributed by atoms with Gasteiger partial charge in [-0.1, -0.05) is 11.6 Å². The molecule has 0 saturated heterocycles. The maximum atomic E-state index is 12.1. The molecule has 122 valence electrons. The number of hydrogen-bond acceptors (Lipinski definition) is 5. The monoisotopic (exact) mass is 349 g/mol. The van der Waals surface area contributed by atoms with E-state index in [9.17, 15) is 18.0 Å². The summed E-state index contributed by atoms with van der Waals surface area (Å²) in [5.74, 6) is -3.13. The highest BCUT2D eigenvalue weighted by Crippen LogP contribution is 2.15. The number of sulfone groups is 1. The van der Waals surface area contributed by atoms with Gasteiger partial charge in [-0.25, -0.2) is 13.2 Å². The molecule has 0 aliphatic rings. The van der Waals surface area contributed by atoms with E-state index in [0.717, 1.165) is 0 Å². The number of carbonyl (C=O) groups excluding carboxylic acids is 1. The summed E-state index contributed by atoms with van der Waals surface area (Å²) in [6, 6.07) is 5.32. The van der Waals surface area contributed by atoms with Gasteiger partial charge in [0.25, 0.3) is 0 Å². The molecule has 1 atom stereocenters. The standard InChI is InChI=1S/C13H16ClNO6S/c1-13(8-21-2,12(17)18)15-11(16)7-22(19,20)10-5-3-9(14)4-6-10/h3-6H,7-8H2,1-2H3,(H,15,16)(H,17,18). The first-order chi connectivity index (χ1) is 10.1. The Morgan fingerprint density at radius 1 is 1.32 bits per heavy atom. The highest BCUT2D eigenvalue weighted by atomic mass is 35.5. The summed E-state index contributed by atoms with van der Waals surface area (Å²) in [5.41, 5.74) is -1.71. The van der Waals surface area contributed by atoms with E-state index < -0.39 is 33.0 Å². The Balaban J connectivity index is 2.87. The van der Waals surface area contributed by atoms with Gasteiger partial charge >= 0.3 is 5.97 Å². The Kier molecular flexibility index (Phi) is 5.92. The summed E-state index contributed by atoms with van der Waals surface area (Å²) in [6.07, 6.45) is 0. The molecule has 1 unspecified atom stereocenters. The predicted octanol–water partition coefficient (Wildman–Crippen LogP) is 0.720. The zero-order chi connectivity index (χ0) is 17.0. The van der Waals surface area contributed by atoms with Crippen LogP contribution in [0.2, 0.25) is 5.02 Å². The third-order valence-electron chi connectivity index (χ3n) is 2.81. The lowest BCUT2D eigenvalue weighted by Gasteiger charge is -2.25. The smallest absolute Gasteiger partial charge is 0.331 e. The molecule has 1 aromatic rings. The molecule has 0 radical (unpaired) electrons. The number of rotatable bonds is 7. The first-order valence-electron chi connectivity index (χ1n) is 6.12. The lowest BCUT2D eigenvalue weighted by molar-refractivity contribution is -0.148. The van der Waals surface area contributed by atoms with E-state index in [1.807, 2.05) is 0 Å². The minimum Gasteiger partial charge on any atom is -0.479 e. The second-order valence-electron chi connectivity index (χ2n) is 4.83. The number of hydrogen-bond donors (Lipinski definition) is 2. The van der Waals surface area contributed by atoms with Gasteiger partial charge < -0.3 is 15.2 Å². The van der Waals surface area contributed by atoms with Crippen LogP contribution in [0.15, 0.2) is 29.2 Å². The van der Waals surface area contributed by atoms with Crippen molar-refractivity contribution in [1.82, 2.24) is 5.32 Å². The summed E-state index contributed by atoms with van der Waals surface area (Å²) >= 11 is 5.67. The molecule has 22 heavy (non-hydrogen) atoms. The summed E-state index contributed by atoms with van der Waals surface area (Å²) < 4.78 is 28.9. The van der Waals surface area contributed by atoms with E-state index in [1.165, 1.54) is 38.3 Å². The van der Waals surface area contributed by atoms with Crippen LogP contribution in [0.4, 0.5) is 0 Å². The summed E-state index contributed by atoms with van der Waals surface area (Å²) in [6.45, 7) is 0.931. The van der Waals surface area contributed by atoms with Crippen molar-refractivity contribution in [2.75, 3.05) is 19.5 Å². The average molecular weight is 350 g/mol. The van der Waals surface area contributed by atoms with Crippen LogP contribution >= 0.6 is 11.6 Å². The van der Waals surface area contributed by atoms with Crippen molar-refractivity contribution >= 4 is 33.3 Å². The molecule has 2 N–H and O–H groups in total. The number of methoxy groups -OCH3 is 1. The molecular formula is C13H16ClNO6S. The maximum absolute atomic E-state index is 12.1. The number of aliphatic carboxylic acids is 1. The van der Waals surface area contributed by atoms with Crippen LogP contribution in [-0.2, 0) is 24.2 Å². The number of halogens is 1. The molecule has 9 heteroatoms. The summed E-state index contributed by atoms with van der Waals surface area (Å²) in [7, 11) is -2.62. The number of carboxylic acid groups (broad SMARTS) is 1. The van der Waals surface area contributed by atoms with Gasteiger partial charge in [-0.3, -0.25) is 4.79 Å². The summed E-state index contributed by atoms with van der Waals surface area (Å²) in [5, 5.41) is 11.6. The third kappa shape index (κ3) is 4.69. The Morgan fingerprint density at radius 2 is 1.86 bits per heavy atom. The molecule has 1 rings (SSSR count). The van der Waals surface area contributed by atoms with Gasteiger partial charge in [-0.2, -0.15) is 0 Å². The SMILES string of the molecule is COCC(C)(NC(=O)CS(=O)(=O)c1ccc(Cl)cc1)C(=O)O. The quantitative estimate of drug-likeness (QED) is 0.750. The normalized spacial score (nSPS) is 14.1. The van der Waals surface area contributed by atoms with Crippen LogP contribution < -0.4 is 5.32 Å². The third-order valence-corrected chi connectivity index (χ3v) is 4.70. The number of carboxylic acids is 1. The van der Waals surface area contributed by atoms with Gasteiger partial charge in [0.05, 0.1) is 11.5 Å². The molecular weight excluding hydrogens is 334 g/mol. The van der Waals surface area contributed by atoms with Crippen molar-refractivity contribution in [2.24, 2.45) is 0 Å². The van der Waals surface area contributed by atoms with E-state index >= 15 is 0 Å². The van der Waals surface area contributed by atoms with Crippen LogP contribution in [-0.4, -0.2) is 50.4 Å². The molecule has 7 nitrogen and oxygen atoms in total. The van der Waals surface area contributed by atoms with Crippen LogP contribution in [0.1, 0.15) is 6.92 Å². The average Bonchev–Trinajstić information content (AvgIpc) is 2.38. The fourth-order valence-corrected chi connectivity index (χ4v) is 2.94. The molecule has 1 aromatic carbocycles. The van der Waals surface area contributed by atoms with Gasteiger partial charge in [0.2, 0.25) is 5.91 Å². The fraction of sp³-hybridized carbons (Fsp3) is 0.385. The van der Waals surface area contributed by atoms with Gasteiger partial charge in [-0.15, -0.1) is 0 Å². The van der Waals surface area contributed by atoms with E-state index in [0.29, 0.717) is 5.02 Å². The molecule has 0 aromatic heterocycles. The van der Waals surface area contributed by atoms with E-state index in [4.69, 9.17) is 21.4 Å². The van der Waals surface area contributed by atoms with Crippen molar-refractivity contribution in [3.05, 3.63) is 29.3 Å². The van der Waals surface area contributed by atoms with E-state index in [-0.39, 0.29) is 11.5 Å². The van der Waals surface area contributed by atoms with Crippen molar-refractivity contribution < 1.29 is 27.9 Å². The van der Waals surface area contributed by atoms with Gasteiger partial charge in [-0.05, 0) is 31.2 Å². The molecule has 0 bridgehead atoms. The minimum absolute atomic E-state index is 0.0733. The number of benzene rings is 1. The van der Waals surface area contributed by atoms with Crippen LogP contribution in [0.3, 0.4) is 0 Å². The number of nitrogens with one attached hydrogen (secondary N) is 1. The summed E-state index contributed by atoms with van der Waals surface area (Å²) in [4.78, 5) is 22.9. The first kappa shape index (κ1) is 18.4. The molecule has 0 aliphatic carbocycles. The minimum atomic E-state index is -3.89. The Hall–Kier alpha value is -1.64. The van der Waals surface area contributed by atoms with Crippen molar-refractivity contribution in [3.8, 4) is 0 Å². The zero-order valence-electron chi connectivity index (χ0n) is 12.0. The molecule has 0 spiro atoms. The van der Waals surface area contributed by atoms with Gasteiger partial charge in [0.15, 0.2) is 15.4 Å². The van der Waals surface area contributed by atoms with E-state index in [2.05, 4.69) is 5.32 Å². The molecule has 0 heterocycles. The molecule has 0 aliphatic heterocycles. The Morgan fingerprint density at radius 3 is 2.32 bits per heavy atom. The predicted molar refractivity (Wildman–Crippen MR) is 79.6 cm³/mol. The lowest BCUT2D eigenvalue weighted by Crippen LogP contribution is -2.56. The van der Waals surface area contributed by atoms with Crippen LogP contribution in [0.25, 0.3) is 0 Å². The largest absolute Gasteiger partial charge is 0.479 e. The van der Waals surface area contributed by atoms with Crippen LogP contribution in [0.5, 0.6) is 0 Å². The second-order valence-corrected chi connectivity index (χ2v) is 7.26. The Bertz CT molecular complexity index is 658. The van der Waals surface area contributed by atoms with Gasteiger partial charge in [0.1, 0.15) is 5.75 Å². The number of amides is 1. The number of ether oxygens (including phenoxy) is 1. The van der Waals surface area contributed by atoms with Crippen LogP contribution in [0, 0.1) is 0 Å². The van der Waals surface area contributed by atoms with Crippen molar-refractivity contribution in [1.29, 1.82) is 0 Å². The van der Waals surface area contributed by atoms with Gasteiger partial charge in [0, 0.05) is 12.1 Å². The molecule has 1 amide bonds. The Labute approximate surface area is 133 Å². The van der Waals surface area contributed by atoms with E-state index in [1.54, 1.807) is 0 Å². The highest BCUT2D eigenvalue weighted by Gasteiger charge is 2.36. The topological polar surface area (TPSA) is 110 Å². The van der Waals surface area contributed by atoms with Crippen molar-refractivity contribution in [2.45, 2.75) is 17.4 Å². The first-order valence-corrected chi connectivity index (χ1v) is 8.15. The van der Waals surface area contributed by atoms with Crippen molar-refractivity contribution in [3.63, 3.8) is 0 Å². The second kappa shape index (κ2) is 7.08. The maximum Gasteiger partial charge on any atom is 0.331 e. The lowest BCUT2D eigenvalue weighted by atomic mass is 10.0. The molecule has 0 saturated carbocycles. The molecule has 0 fully saturated rings. The number of carbonyl (C=O) groups is 2. The fourth-order valence-electron chi connectivity index (χ4n) is 1.68. The zero-order valence-corrected chi connectivity index (χ0v) is 13.6.